The van der Waals surface area contributed by atoms with E-state index in [0.29, 0.717) is 0 Å². The Morgan fingerprint density at radius 2 is 0.633 bits per heavy atom. The Hall–Kier alpha value is -7.84. The van der Waals surface area contributed by atoms with Crippen LogP contribution < -0.4 is 0 Å². The minimum absolute atomic E-state index is 0.0983. The zero-order valence-electron chi connectivity index (χ0n) is 44.4. The van der Waals surface area contributed by atoms with Gasteiger partial charge in [0.15, 0.2) is 57.5 Å². The topological polar surface area (TPSA) is 204 Å². The molecule has 10 atom stereocenters. The van der Waals surface area contributed by atoms with Gasteiger partial charge in [-0.3, -0.25) is 0 Å². The summed E-state index contributed by atoms with van der Waals surface area (Å²) in [5.41, 5.74) is 0.728. The molecule has 6 aromatic rings. The van der Waals surface area contributed by atoms with Gasteiger partial charge in [0.2, 0.25) is 0 Å². The molecule has 0 spiro atoms. The van der Waals surface area contributed by atoms with Crippen LogP contribution in [0.1, 0.15) is 82.9 Å². The normalized spacial score (nSPS) is 23.0. The molecule has 0 amide bonds. The lowest BCUT2D eigenvalue weighted by atomic mass is 9.96. The summed E-state index contributed by atoms with van der Waals surface area (Å²) >= 11 is 0. The Balaban J connectivity index is 1.23. The van der Waals surface area contributed by atoms with Crippen molar-refractivity contribution >= 4 is 44.1 Å². The molecule has 2 aliphatic rings. The highest BCUT2D eigenvalue weighted by Gasteiger charge is 2.57. The quantitative estimate of drug-likeness (QED) is 0.0421. The van der Waals surface area contributed by atoms with Crippen molar-refractivity contribution in [2.24, 2.45) is 0 Å². The van der Waals surface area contributed by atoms with Crippen LogP contribution in [0.25, 0.3) is 0 Å². The molecule has 0 bridgehead atoms. The summed E-state index contributed by atoms with van der Waals surface area (Å²) in [5, 5.41) is -0.323. The third-order valence-electron chi connectivity index (χ3n) is 13.8. The lowest BCUT2D eigenvalue weighted by molar-refractivity contribution is -0.325. The van der Waals surface area contributed by atoms with Gasteiger partial charge >= 0.3 is 35.8 Å². The van der Waals surface area contributed by atoms with E-state index in [-0.39, 0.29) is 45.0 Å². The molecular formula is C61H62O17Si. The second-order valence-electron chi connectivity index (χ2n) is 20.1. The fourth-order valence-corrected chi connectivity index (χ4v) is 9.46. The summed E-state index contributed by atoms with van der Waals surface area (Å²) < 4.78 is 70.1. The molecule has 0 saturated carbocycles. The third kappa shape index (κ3) is 14.5. The monoisotopic (exact) mass is 1090 g/mol. The fraction of sp³-hybridized carbons (Fsp3) is 0.311. The molecule has 0 aromatic heterocycles. The van der Waals surface area contributed by atoms with Crippen LogP contribution in [-0.4, -0.2) is 126 Å². The highest BCUT2D eigenvalue weighted by molar-refractivity contribution is 6.74. The maximum absolute atomic E-state index is 14.4. The fourth-order valence-electron chi connectivity index (χ4n) is 8.44. The Bertz CT molecular complexity index is 2980. The van der Waals surface area contributed by atoms with Crippen molar-refractivity contribution in [2.45, 2.75) is 100 Å². The third-order valence-corrected chi connectivity index (χ3v) is 18.3. The van der Waals surface area contributed by atoms with Crippen LogP contribution in [0.2, 0.25) is 18.1 Å². The molecule has 0 aliphatic carbocycles. The van der Waals surface area contributed by atoms with Crippen LogP contribution in [0.15, 0.2) is 182 Å². The maximum atomic E-state index is 14.4. The maximum Gasteiger partial charge on any atom is 0.338 e. The Morgan fingerprint density at radius 3 is 0.924 bits per heavy atom. The molecule has 18 heteroatoms. The first kappa shape index (κ1) is 57.3. The molecule has 6 aromatic carbocycles. The molecule has 0 unspecified atom stereocenters. The SMILES string of the molecule is CO[C@H]1O[C@H](CO[C@@H]2O[C@H](CO[Si](C)(C)C(C)(C)C)[C@H](OC(=O)c3ccccc3)[C@H](OC(=O)c3ccccc3)[C@H]2OC(=O)c2ccccc2)[C@@H](OC(=O)c2ccccc2)[C@H](OC(=O)c2ccccc2)[C@H]1OC(=O)c1ccccc1. The molecular weight excluding hydrogens is 1030 g/mol. The number of hydrogen-bond acceptors (Lipinski definition) is 17. The van der Waals surface area contributed by atoms with Crippen LogP contribution in [0.4, 0.5) is 0 Å². The van der Waals surface area contributed by atoms with E-state index >= 15 is 0 Å². The average Bonchev–Trinajstić information content (AvgIpc) is 3.50. The molecule has 17 nitrogen and oxygen atoms in total. The van der Waals surface area contributed by atoms with E-state index in [1.807, 2.05) is 33.9 Å². The molecule has 0 N–H and O–H groups in total. The minimum Gasteiger partial charge on any atom is -0.452 e. The summed E-state index contributed by atoms with van der Waals surface area (Å²) in [6.45, 7) is 9.27. The highest BCUT2D eigenvalue weighted by atomic mass is 28.4. The summed E-state index contributed by atoms with van der Waals surface area (Å²) in [7, 11) is -1.37. The zero-order chi connectivity index (χ0) is 56.1. The van der Waals surface area contributed by atoms with E-state index in [1.54, 1.807) is 121 Å². The first-order valence-electron chi connectivity index (χ1n) is 25.7. The molecule has 8 rings (SSSR count). The Morgan fingerprint density at radius 1 is 0.380 bits per heavy atom. The number of rotatable bonds is 19. The second kappa shape index (κ2) is 26.2. The van der Waals surface area contributed by atoms with Gasteiger partial charge in [0.05, 0.1) is 46.6 Å². The highest BCUT2D eigenvalue weighted by Crippen LogP contribution is 2.39. The molecule has 2 fully saturated rings. The van der Waals surface area contributed by atoms with E-state index in [4.69, 9.17) is 51.8 Å². The van der Waals surface area contributed by atoms with Gasteiger partial charge in [0, 0.05) is 7.11 Å². The van der Waals surface area contributed by atoms with Crippen LogP contribution in [0.3, 0.4) is 0 Å². The van der Waals surface area contributed by atoms with Crippen LogP contribution in [0.5, 0.6) is 0 Å². The Kier molecular flexibility index (Phi) is 19.0. The summed E-state index contributed by atoms with van der Waals surface area (Å²) in [6.07, 6.45) is -15.9. The predicted octanol–water partition coefficient (Wildman–Crippen LogP) is 9.47. The summed E-state index contributed by atoms with van der Waals surface area (Å²) in [4.78, 5) is 85.3. The van der Waals surface area contributed by atoms with E-state index < -0.39 is 112 Å². The lowest BCUT2D eigenvalue weighted by Crippen LogP contribution is -2.65. The van der Waals surface area contributed by atoms with Gasteiger partial charge in [0.25, 0.3) is 0 Å². The number of carbonyl (C=O) groups excluding carboxylic acids is 6. The summed E-state index contributed by atoms with van der Waals surface area (Å²) in [6, 6.07) is 48.2. The van der Waals surface area contributed by atoms with Crippen molar-refractivity contribution in [1.29, 1.82) is 0 Å². The van der Waals surface area contributed by atoms with Crippen molar-refractivity contribution in [3.05, 3.63) is 215 Å². The minimum atomic E-state index is -2.65. The molecule has 2 saturated heterocycles. The number of benzene rings is 6. The van der Waals surface area contributed by atoms with Crippen molar-refractivity contribution in [2.75, 3.05) is 20.3 Å². The van der Waals surface area contributed by atoms with E-state index in [9.17, 15) is 28.8 Å². The number of hydrogen-bond donors (Lipinski definition) is 0. The predicted molar refractivity (Wildman–Crippen MR) is 287 cm³/mol. The number of carbonyl (C=O) groups is 6. The smallest absolute Gasteiger partial charge is 0.338 e. The van der Waals surface area contributed by atoms with Crippen LogP contribution >= 0.6 is 0 Å². The molecule has 0 radical (unpaired) electrons. The van der Waals surface area contributed by atoms with Gasteiger partial charge in [-0.2, -0.15) is 0 Å². The molecule has 79 heavy (non-hydrogen) atoms. The average molecular weight is 1100 g/mol. The van der Waals surface area contributed by atoms with E-state index in [0.717, 1.165) is 0 Å². The van der Waals surface area contributed by atoms with Crippen molar-refractivity contribution in [3.63, 3.8) is 0 Å². The standard InChI is InChI=1S/C61H62O17Si/c1-61(2,3)79(5,6)70-38-46-48(74-54(63)40-27-15-8-16-28-40)50(76-56(65)42-31-19-10-20-32-42)52(78-58(67)44-35-23-12-24-36-44)60(72-46)69-37-45-47(73-53(62)39-25-13-7-14-26-39)49(75-55(64)41-29-17-9-18-30-41)51(59(68-4)71-45)77-57(66)43-33-21-11-22-34-43/h7-36,45-52,59-60H,37-38H2,1-6H3/t45-,46-,47-,48+,49+,50+,51-,52-,59+,60-/m1/s1. The lowest BCUT2D eigenvalue weighted by Gasteiger charge is -2.47. The van der Waals surface area contributed by atoms with Gasteiger partial charge < -0.3 is 51.8 Å². The van der Waals surface area contributed by atoms with E-state index in [2.05, 4.69) is 0 Å². The number of esters is 6. The second-order valence-corrected chi connectivity index (χ2v) is 25.0. The van der Waals surface area contributed by atoms with E-state index in [1.165, 1.54) is 67.8 Å². The molecule has 2 aliphatic heterocycles. The molecule has 412 valence electrons. The zero-order valence-corrected chi connectivity index (χ0v) is 45.4. The summed E-state index contributed by atoms with van der Waals surface area (Å²) in [5.74, 6) is -5.19. The van der Waals surface area contributed by atoms with Crippen molar-refractivity contribution in [1.82, 2.24) is 0 Å². The molecule has 2 heterocycles. The number of ether oxygens (including phenoxy) is 10. The van der Waals surface area contributed by atoms with Gasteiger partial charge in [-0.25, -0.2) is 28.8 Å². The van der Waals surface area contributed by atoms with Crippen molar-refractivity contribution < 1.29 is 80.6 Å². The Labute approximate surface area is 459 Å². The van der Waals surface area contributed by atoms with Crippen molar-refractivity contribution in [3.8, 4) is 0 Å². The van der Waals surface area contributed by atoms with Gasteiger partial charge in [0.1, 0.15) is 12.2 Å². The van der Waals surface area contributed by atoms with Gasteiger partial charge in [-0.15, -0.1) is 0 Å². The van der Waals surface area contributed by atoms with Crippen LogP contribution in [-0.2, 0) is 51.8 Å². The van der Waals surface area contributed by atoms with Gasteiger partial charge in [-0.05, 0) is 90.9 Å². The van der Waals surface area contributed by atoms with Gasteiger partial charge in [-0.1, -0.05) is 130 Å². The number of methoxy groups -OCH3 is 1. The first-order chi connectivity index (χ1) is 38.0. The van der Waals surface area contributed by atoms with Crippen LogP contribution in [0, 0.1) is 0 Å². The first-order valence-corrected chi connectivity index (χ1v) is 28.6. The largest absolute Gasteiger partial charge is 0.452 e.